The number of benzene rings is 1. The molecule has 1 heterocycles. The Bertz CT molecular complexity index is 408. The van der Waals surface area contributed by atoms with E-state index in [4.69, 9.17) is 4.42 Å². The summed E-state index contributed by atoms with van der Waals surface area (Å²) >= 11 is 0. The Balaban J connectivity index is 2.29. The monoisotopic (exact) mass is 189 g/mol. The molecule has 1 atom stereocenters. The number of aliphatic hydroxyl groups is 1. The number of aromatic nitrogens is 1. The van der Waals surface area contributed by atoms with E-state index < -0.39 is 6.10 Å². The van der Waals surface area contributed by atoms with Crippen LogP contribution in [-0.2, 0) is 0 Å². The van der Waals surface area contributed by atoms with Gasteiger partial charge in [0.2, 0.25) is 5.89 Å². The van der Waals surface area contributed by atoms with Crippen LogP contribution in [0.1, 0.15) is 23.3 Å². The predicted molar refractivity (Wildman–Crippen MR) is 51.7 cm³/mol. The zero-order chi connectivity index (χ0) is 9.97. The zero-order valence-electron chi connectivity index (χ0n) is 7.84. The molecule has 0 saturated heterocycles. The van der Waals surface area contributed by atoms with Gasteiger partial charge in [-0.3, -0.25) is 0 Å². The number of aryl methyl sites for hydroxylation is 1. The molecule has 0 spiro atoms. The summed E-state index contributed by atoms with van der Waals surface area (Å²) in [7, 11) is 0. The molecule has 0 amide bonds. The Morgan fingerprint density at radius 3 is 2.57 bits per heavy atom. The molecule has 72 valence electrons. The fourth-order valence-electron chi connectivity index (χ4n) is 1.28. The van der Waals surface area contributed by atoms with Crippen LogP contribution in [0.15, 0.2) is 41.0 Å². The van der Waals surface area contributed by atoms with E-state index in [1.165, 1.54) is 6.26 Å². The highest BCUT2D eigenvalue weighted by Gasteiger charge is 2.14. The second-order valence-electron chi connectivity index (χ2n) is 3.14. The molecule has 1 unspecified atom stereocenters. The number of hydrogen-bond acceptors (Lipinski definition) is 3. The molecule has 1 aromatic heterocycles. The quantitative estimate of drug-likeness (QED) is 0.786. The molecule has 2 aromatic rings. The molecule has 3 nitrogen and oxygen atoms in total. The summed E-state index contributed by atoms with van der Waals surface area (Å²) in [4.78, 5) is 4.07. The minimum absolute atomic E-state index is 0.341. The highest BCUT2D eigenvalue weighted by atomic mass is 16.4. The van der Waals surface area contributed by atoms with Crippen LogP contribution in [0.25, 0.3) is 0 Å². The van der Waals surface area contributed by atoms with Crippen LogP contribution in [0, 0.1) is 6.92 Å². The molecule has 0 bridgehead atoms. The fraction of sp³-hybridized carbons (Fsp3) is 0.182. The third-order valence-electron chi connectivity index (χ3n) is 1.99. The van der Waals surface area contributed by atoms with E-state index in [-0.39, 0.29) is 0 Å². The summed E-state index contributed by atoms with van der Waals surface area (Å²) in [5.41, 5.74) is 1.56. The second kappa shape index (κ2) is 3.64. The van der Waals surface area contributed by atoms with E-state index >= 15 is 0 Å². The Labute approximate surface area is 82.0 Å². The Hall–Kier alpha value is -1.61. The number of oxazole rings is 1. The average molecular weight is 189 g/mol. The van der Waals surface area contributed by atoms with Crippen molar-refractivity contribution in [1.29, 1.82) is 0 Å². The molecule has 0 aliphatic heterocycles. The van der Waals surface area contributed by atoms with Crippen molar-refractivity contribution < 1.29 is 9.52 Å². The van der Waals surface area contributed by atoms with E-state index in [0.29, 0.717) is 5.89 Å². The third-order valence-corrected chi connectivity index (χ3v) is 1.99. The minimum atomic E-state index is -0.773. The lowest BCUT2D eigenvalue weighted by Gasteiger charge is -2.05. The molecule has 0 fully saturated rings. The largest absolute Gasteiger partial charge is 0.446 e. The van der Waals surface area contributed by atoms with Gasteiger partial charge in [-0.25, -0.2) is 4.98 Å². The smallest absolute Gasteiger partial charge is 0.227 e. The lowest BCUT2D eigenvalue weighted by molar-refractivity contribution is 0.182. The summed E-state index contributed by atoms with van der Waals surface area (Å²) in [5.74, 6) is 0.341. The molecule has 0 saturated carbocycles. The van der Waals surface area contributed by atoms with Gasteiger partial charge in [-0.2, -0.15) is 0 Å². The SMILES string of the molecule is Cc1coc(C(O)c2ccccc2)n1. The molecule has 1 aromatic carbocycles. The van der Waals surface area contributed by atoms with Gasteiger partial charge in [0, 0.05) is 0 Å². The van der Waals surface area contributed by atoms with Gasteiger partial charge in [-0.15, -0.1) is 0 Å². The van der Waals surface area contributed by atoms with Gasteiger partial charge in [0.15, 0.2) is 6.10 Å². The summed E-state index contributed by atoms with van der Waals surface area (Å²) in [5, 5.41) is 9.85. The Morgan fingerprint density at radius 1 is 1.29 bits per heavy atom. The van der Waals surface area contributed by atoms with Gasteiger partial charge < -0.3 is 9.52 Å². The number of rotatable bonds is 2. The van der Waals surface area contributed by atoms with Crippen LogP contribution >= 0.6 is 0 Å². The molecule has 1 N–H and O–H groups in total. The molecule has 14 heavy (non-hydrogen) atoms. The van der Waals surface area contributed by atoms with Crippen LogP contribution < -0.4 is 0 Å². The highest BCUT2D eigenvalue weighted by molar-refractivity contribution is 5.21. The maximum atomic E-state index is 9.85. The van der Waals surface area contributed by atoms with Crippen molar-refractivity contribution in [2.75, 3.05) is 0 Å². The first-order valence-corrected chi connectivity index (χ1v) is 4.42. The van der Waals surface area contributed by atoms with Crippen molar-refractivity contribution >= 4 is 0 Å². The molecule has 0 radical (unpaired) electrons. The molecule has 2 rings (SSSR count). The summed E-state index contributed by atoms with van der Waals surface area (Å²) in [6.45, 7) is 1.82. The number of aliphatic hydroxyl groups excluding tert-OH is 1. The average Bonchev–Trinajstić information content (AvgIpc) is 2.65. The predicted octanol–water partition coefficient (Wildman–Crippen LogP) is 2.06. The first-order chi connectivity index (χ1) is 6.77. The lowest BCUT2D eigenvalue weighted by Crippen LogP contribution is -1.99. The molecule has 0 aliphatic carbocycles. The van der Waals surface area contributed by atoms with E-state index in [1.807, 2.05) is 37.3 Å². The first-order valence-electron chi connectivity index (χ1n) is 4.42. The summed E-state index contributed by atoms with van der Waals surface area (Å²) in [6, 6.07) is 9.31. The van der Waals surface area contributed by atoms with Crippen LogP contribution in [0.4, 0.5) is 0 Å². The number of hydrogen-bond donors (Lipinski definition) is 1. The van der Waals surface area contributed by atoms with Crippen molar-refractivity contribution in [2.45, 2.75) is 13.0 Å². The van der Waals surface area contributed by atoms with E-state index in [1.54, 1.807) is 0 Å². The minimum Gasteiger partial charge on any atom is -0.446 e. The molecule has 0 aliphatic rings. The topological polar surface area (TPSA) is 46.3 Å². The second-order valence-corrected chi connectivity index (χ2v) is 3.14. The van der Waals surface area contributed by atoms with Gasteiger partial charge >= 0.3 is 0 Å². The highest BCUT2D eigenvalue weighted by Crippen LogP contribution is 2.20. The van der Waals surface area contributed by atoms with Crippen LogP contribution in [0.3, 0.4) is 0 Å². The normalized spacial score (nSPS) is 12.7. The number of nitrogens with zero attached hydrogens (tertiary/aromatic N) is 1. The molecular weight excluding hydrogens is 178 g/mol. The lowest BCUT2D eigenvalue weighted by atomic mass is 10.1. The van der Waals surface area contributed by atoms with Crippen molar-refractivity contribution in [1.82, 2.24) is 4.98 Å². The summed E-state index contributed by atoms with van der Waals surface area (Å²) < 4.78 is 5.12. The van der Waals surface area contributed by atoms with Crippen LogP contribution in [0.2, 0.25) is 0 Å². The van der Waals surface area contributed by atoms with Crippen molar-refractivity contribution in [3.63, 3.8) is 0 Å². The fourth-order valence-corrected chi connectivity index (χ4v) is 1.28. The van der Waals surface area contributed by atoms with E-state index in [9.17, 15) is 5.11 Å². The summed E-state index contributed by atoms with van der Waals surface area (Å²) in [6.07, 6.45) is 0.756. The Morgan fingerprint density at radius 2 is 2.00 bits per heavy atom. The van der Waals surface area contributed by atoms with Crippen molar-refractivity contribution in [2.24, 2.45) is 0 Å². The van der Waals surface area contributed by atoms with Gasteiger partial charge in [-0.05, 0) is 12.5 Å². The zero-order valence-corrected chi connectivity index (χ0v) is 7.84. The molecule has 3 heteroatoms. The van der Waals surface area contributed by atoms with Gasteiger partial charge in [0.1, 0.15) is 6.26 Å². The first kappa shape index (κ1) is 8.97. The van der Waals surface area contributed by atoms with Gasteiger partial charge in [-0.1, -0.05) is 30.3 Å². The van der Waals surface area contributed by atoms with Gasteiger partial charge in [0.05, 0.1) is 5.69 Å². The maximum absolute atomic E-state index is 9.85. The third kappa shape index (κ3) is 1.67. The maximum Gasteiger partial charge on any atom is 0.227 e. The molecular formula is C11H11NO2. The Kier molecular flexibility index (Phi) is 2.33. The van der Waals surface area contributed by atoms with E-state index in [0.717, 1.165) is 11.3 Å². The van der Waals surface area contributed by atoms with Crippen LogP contribution in [0.5, 0.6) is 0 Å². The van der Waals surface area contributed by atoms with Crippen LogP contribution in [-0.4, -0.2) is 10.1 Å². The van der Waals surface area contributed by atoms with E-state index in [2.05, 4.69) is 4.98 Å². The van der Waals surface area contributed by atoms with Crippen molar-refractivity contribution in [3.8, 4) is 0 Å². The standard InChI is InChI=1S/C11H11NO2/c1-8-7-14-11(12-8)10(13)9-5-3-2-4-6-9/h2-7,10,13H,1H3. The van der Waals surface area contributed by atoms with Gasteiger partial charge in [0.25, 0.3) is 0 Å². The van der Waals surface area contributed by atoms with Crippen molar-refractivity contribution in [3.05, 3.63) is 53.7 Å².